The minimum Gasteiger partial charge on any atom is -0.315 e. The largest absolute Gasteiger partial charge is 0.315 e. The molecule has 3 heteroatoms. The molecule has 1 atom stereocenters. The second-order valence-corrected chi connectivity index (χ2v) is 5.01. The van der Waals surface area contributed by atoms with Gasteiger partial charge in [-0.2, -0.15) is 5.10 Å². The summed E-state index contributed by atoms with van der Waals surface area (Å²) in [7, 11) is 2.04. The highest BCUT2D eigenvalue weighted by Crippen LogP contribution is 2.38. The normalized spacial score (nSPS) is 25.6. The summed E-state index contributed by atoms with van der Waals surface area (Å²) in [6, 6.07) is 2.21. The first-order chi connectivity index (χ1) is 6.50. The Morgan fingerprint density at radius 1 is 1.57 bits per heavy atom. The Bertz CT molecular complexity index is 338. The third kappa shape index (κ3) is 1.46. The fourth-order valence-corrected chi connectivity index (χ4v) is 2.40. The van der Waals surface area contributed by atoms with Crippen LogP contribution in [0.5, 0.6) is 0 Å². The van der Waals surface area contributed by atoms with Crippen molar-refractivity contribution in [2.45, 2.75) is 26.7 Å². The molecule has 1 aliphatic rings. The van der Waals surface area contributed by atoms with Crippen LogP contribution in [-0.4, -0.2) is 22.9 Å². The van der Waals surface area contributed by atoms with Gasteiger partial charge in [0, 0.05) is 31.7 Å². The van der Waals surface area contributed by atoms with E-state index < -0.39 is 0 Å². The summed E-state index contributed by atoms with van der Waals surface area (Å²) in [5.74, 6) is 0.591. The molecule has 0 saturated carbocycles. The molecule has 1 fully saturated rings. The predicted octanol–water partition coefficient (Wildman–Crippen LogP) is 1.44. The summed E-state index contributed by atoms with van der Waals surface area (Å²) in [4.78, 5) is 0. The van der Waals surface area contributed by atoms with Gasteiger partial charge in [-0.15, -0.1) is 0 Å². The van der Waals surface area contributed by atoms with E-state index >= 15 is 0 Å². The minimum atomic E-state index is 0.347. The van der Waals surface area contributed by atoms with Crippen LogP contribution in [0.4, 0.5) is 0 Å². The van der Waals surface area contributed by atoms with Gasteiger partial charge in [-0.1, -0.05) is 13.8 Å². The van der Waals surface area contributed by atoms with Crippen LogP contribution in [-0.2, 0) is 7.05 Å². The predicted molar refractivity (Wildman–Crippen MR) is 57.3 cm³/mol. The van der Waals surface area contributed by atoms with Crippen molar-refractivity contribution in [1.82, 2.24) is 15.1 Å². The topological polar surface area (TPSA) is 29.9 Å². The first kappa shape index (κ1) is 9.71. The molecule has 14 heavy (non-hydrogen) atoms. The Morgan fingerprint density at radius 3 is 2.71 bits per heavy atom. The molecule has 1 aromatic heterocycles. The maximum absolute atomic E-state index is 4.41. The Hall–Kier alpha value is -0.830. The molecule has 0 amide bonds. The molecule has 0 aliphatic carbocycles. The Morgan fingerprint density at radius 2 is 2.29 bits per heavy atom. The molecule has 0 radical (unpaired) electrons. The highest BCUT2D eigenvalue weighted by atomic mass is 15.3. The molecule has 1 aromatic rings. The number of aryl methyl sites for hydroxylation is 2. The highest BCUT2D eigenvalue weighted by molar-refractivity contribution is 5.19. The summed E-state index contributed by atoms with van der Waals surface area (Å²) < 4.78 is 2.02. The molecule has 1 N–H and O–H groups in total. The van der Waals surface area contributed by atoms with E-state index in [1.165, 1.54) is 5.69 Å². The van der Waals surface area contributed by atoms with Crippen molar-refractivity contribution in [2.75, 3.05) is 13.1 Å². The summed E-state index contributed by atoms with van der Waals surface area (Å²) in [6.07, 6.45) is 0. The number of hydrogen-bond acceptors (Lipinski definition) is 2. The smallest absolute Gasteiger partial charge is 0.0596 e. The molecule has 2 heterocycles. The minimum absolute atomic E-state index is 0.347. The van der Waals surface area contributed by atoms with Gasteiger partial charge in [0.2, 0.25) is 0 Å². The van der Waals surface area contributed by atoms with E-state index in [2.05, 4.69) is 37.3 Å². The van der Waals surface area contributed by atoms with Crippen LogP contribution >= 0.6 is 0 Å². The van der Waals surface area contributed by atoms with Crippen LogP contribution < -0.4 is 5.32 Å². The molecular formula is C11H19N3. The summed E-state index contributed by atoms with van der Waals surface area (Å²) >= 11 is 0. The second kappa shape index (κ2) is 3.09. The number of aromatic nitrogens is 2. The van der Waals surface area contributed by atoms with Crippen LogP contribution in [0.3, 0.4) is 0 Å². The number of hydrogen-bond donors (Lipinski definition) is 1. The summed E-state index contributed by atoms with van der Waals surface area (Å²) in [6.45, 7) is 8.87. The SMILES string of the molecule is Cc1cc([C@@H]2CNCC2(C)C)n(C)n1. The fraction of sp³-hybridized carbons (Fsp3) is 0.727. The number of nitrogens with zero attached hydrogens (tertiary/aromatic N) is 2. The van der Waals surface area contributed by atoms with Crippen molar-refractivity contribution in [3.8, 4) is 0 Å². The quantitative estimate of drug-likeness (QED) is 0.731. The Labute approximate surface area is 85.5 Å². The standard InChI is InChI=1S/C11H19N3/c1-8-5-10(14(4)13-8)9-6-12-7-11(9,2)3/h5,9,12H,6-7H2,1-4H3/t9-/m0/s1. The first-order valence-corrected chi connectivity index (χ1v) is 5.22. The molecule has 0 unspecified atom stereocenters. The van der Waals surface area contributed by atoms with E-state index in [1.807, 2.05) is 11.7 Å². The molecule has 0 spiro atoms. The van der Waals surface area contributed by atoms with Crippen molar-refractivity contribution in [3.63, 3.8) is 0 Å². The average Bonchev–Trinajstić information content (AvgIpc) is 2.54. The van der Waals surface area contributed by atoms with E-state index in [4.69, 9.17) is 0 Å². The van der Waals surface area contributed by atoms with Crippen molar-refractivity contribution in [2.24, 2.45) is 12.5 Å². The number of nitrogens with one attached hydrogen (secondary N) is 1. The lowest BCUT2D eigenvalue weighted by molar-refractivity contribution is 0.350. The summed E-state index contributed by atoms with van der Waals surface area (Å²) in [5.41, 5.74) is 2.82. The van der Waals surface area contributed by atoms with Gasteiger partial charge in [-0.05, 0) is 18.4 Å². The van der Waals surface area contributed by atoms with Gasteiger partial charge >= 0.3 is 0 Å². The van der Waals surface area contributed by atoms with Crippen LogP contribution in [0, 0.1) is 12.3 Å². The zero-order valence-electron chi connectivity index (χ0n) is 9.46. The molecule has 0 bridgehead atoms. The summed E-state index contributed by atoms with van der Waals surface area (Å²) in [5, 5.41) is 7.87. The molecule has 0 aromatic carbocycles. The lowest BCUT2D eigenvalue weighted by Gasteiger charge is -2.25. The third-order valence-electron chi connectivity index (χ3n) is 3.27. The van der Waals surface area contributed by atoms with Crippen LogP contribution in [0.2, 0.25) is 0 Å². The maximum Gasteiger partial charge on any atom is 0.0596 e. The zero-order chi connectivity index (χ0) is 10.3. The van der Waals surface area contributed by atoms with Crippen molar-refractivity contribution in [1.29, 1.82) is 0 Å². The van der Waals surface area contributed by atoms with E-state index in [9.17, 15) is 0 Å². The monoisotopic (exact) mass is 193 g/mol. The van der Waals surface area contributed by atoms with E-state index in [0.717, 1.165) is 18.8 Å². The van der Waals surface area contributed by atoms with Gasteiger partial charge in [-0.25, -0.2) is 0 Å². The van der Waals surface area contributed by atoms with E-state index in [-0.39, 0.29) is 0 Å². The van der Waals surface area contributed by atoms with Crippen LogP contribution in [0.25, 0.3) is 0 Å². The molecular weight excluding hydrogens is 174 g/mol. The average molecular weight is 193 g/mol. The molecule has 3 nitrogen and oxygen atoms in total. The zero-order valence-corrected chi connectivity index (χ0v) is 9.46. The third-order valence-corrected chi connectivity index (χ3v) is 3.27. The van der Waals surface area contributed by atoms with E-state index in [0.29, 0.717) is 11.3 Å². The fourth-order valence-electron chi connectivity index (χ4n) is 2.40. The van der Waals surface area contributed by atoms with Gasteiger partial charge in [0.1, 0.15) is 0 Å². The van der Waals surface area contributed by atoms with E-state index in [1.54, 1.807) is 0 Å². The van der Waals surface area contributed by atoms with Crippen LogP contribution in [0.1, 0.15) is 31.2 Å². The van der Waals surface area contributed by atoms with Gasteiger partial charge in [0.15, 0.2) is 0 Å². The maximum atomic E-state index is 4.41. The van der Waals surface area contributed by atoms with Crippen molar-refractivity contribution in [3.05, 3.63) is 17.5 Å². The molecule has 1 aliphatic heterocycles. The van der Waals surface area contributed by atoms with Gasteiger partial charge < -0.3 is 5.32 Å². The first-order valence-electron chi connectivity index (χ1n) is 5.22. The van der Waals surface area contributed by atoms with Gasteiger partial charge in [0.25, 0.3) is 0 Å². The van der Waals surface area contributed by atoms with Crippen molar-refractivity contribution >= 4 is 0 Å². The number of rotatable bonds is 1. The van der Waals surface area contributed by atoms with Gasteiger partial charge in [0.05, 0.1) is 5.69 Å². The molecule has 1 saturated heterocycles. The Kier molecular flexibility index (Phi) is 2.14. The lowest BCUT2D eigenvalue weighted by atomic mass is 9.80. The van der Waals surface area contributed by atoms with Gasteiger partial charge in [-0.3, -0.25) is 4.68 Å². The van der Waals surface area contributed by atoms with Crippen molar-refractivity contribution < 1.29 is 0 Å². The van der Waals surface area contributed by atoms with Crippen LogP contribution in [0.15, 0.2) is 6.07 Å². The lowest BCUT2D eigenvalue weighted by Crippen LogP contribution is -2.22. The highest BCUT2D eigenvalue weighted by Gasteiger charge is 2.37. The molecule has 2 rings (SSSR count). The second-order valence-electron chi connectivity index (χ2n) is 5.01. The molecule has 78 valence electrons. The Balaban J connectivity index is 2.35.